The smallest absolute Gasteiger partial charge is 0.257 e. The van der Waals surface area contributed by atoms with Crippen molar-refractivity contribution in [1.29, 1.82) is 0 Å². The average molecular weight is 354 g/mol. The number of amides is 1. The van der Waals surface area contributed by atoms with Gasteiger partial charge in [-0.2, -0.15) is 11.8 Å². The number of rotatable bonds is 4. The lowest BCUT2D eigenvalue weighted by Gasteiger charge is -2.26. The third-order valence-electron chi connectivity index (χ3n) is 4.86. The highest BCUT2D eigenvalue weighted by molar-refractivity contribution is 7.99. The van der Waals surface area contributed by atoms with Crippen LogP contribution in [0.2, 0.25) is 0 Å². The summed E-state index contributed by atoms with van der Waals surface area (Å²) in [5, 5.41) is 3.19. The van der Waals surface area contributed by atoms with Gasteiger partial charge >= 0.3 is 0 Å². The number of ether oxygens (including phenoxy) is 1. The zero-order chi connectivity index (χ0) is 17.1. The molecule has 1 N–H and O–H groups in total. The molecule has 1 aliphatic carbocycles. The molecule has 2 aliphatic rings. The monoisotopic (exact) mass is 354 g/mol. The van der Waals surface area contributed by atoms with Crippen molar-refractivity contribution in [3.8, 4) is 5.88 Å². The molecule has 4 nitrogen and oxygen atoms in total. The van der Waals surface area contributed by atoms with Gasteiger partial charge < -0.3 is 10.1 Å². The van der Waals surface area contributed by atoms with Crippen LogP contribution in [0.3, 0.4) is 0 Å². The van der Waals surface area contributed by atoms with E-state index >= 15 is 0 Å². The maximum atomic E-state index is 12.9. The Hall–Kier alpha value is -2.01. The normalized spacial score (nSPS) is 22.2. The summed E-state index contributed by atoms with van der Waals surface area (Å²) in [5.41, 5.74) is 3.10. The van der Waals surface area contributed by atoms with Crippen LogP contribution in [0.25, 0.3) is 0 Å². The van der Waals surface area contributed by atoms with Crippen LogP contribution in [0, 0.1) is 0 Å². The van der Waals surface area contributed by atoms with E-state index < -0.39 is 0 Å². The van der Waals surface area contributed by atoms with Gasteiger partial charge in [0.1, 0.15) is 11.7 Å². The van der Waals surface area contributed by atoms with Crippen LogP contribution in [0.1, 0.15) is 46.8 Å². The number of carbonyl (C=O) groups is 1. The summed E-state index contributed by atoms with van der Waals surface area (Å²) in [5.74, 6) is 2.43. The van der Waals surface area contributed by atoms with Crippen LogP contribution in [0.4, 0.5) is 0 Å². The van der Waals surface area contributed by atoms with E-state index in [1.807, 2.05) is 17.8 Å². The highest BCUT2D eigenvalue weighted by atomic mass is 32.2. The van der Waals surface area contributed by atoms with Gasteiger partial charge in [0, 0.05) is 11.9 Å². The largest absolute Gasteiger partial charge is 0.473 e. The summed E-state index contributed by atoms with van der Waals surface area (Å²) in [6.45, 7) is 0. The van der Waals surface area contributed by atoms with Crippen molar-refractivity contribution in [3.63, 3.8) is 0 Å². The van der Waals surface area contributed by atoms with E-state index in [1.54, 1.807) is 18.3 Å². The van der Waals surface area contributed by atoms with Gasteiger partial charge in [0.05, 0.1) is 6.04 Å². The first-order valence-corrected chi connectivity index (χ1v) is 10.0. The predicted molar refractivity (Wildman–Crippen MR) is 100 cm³/mol. The molecule has 0 spiro atoms. The molecule has 0 saturated carbocycles. The number of nitrogens with one attached hydrogen (secondary N) is 1. The molecule has 2 aromatic rings. The van der Waals surface area contributed by atoms with E-state index in [1.165, 1.54) is 11.1 Å². The molecule has 1 aromatic carbocycles. The van der Waals surface area contributed by atoms with Crippen LogP contribution in [-0.4, -0.2) is 28.5 Å². The van der Waals surface area contributed by atoms with E-state index in [0.29, 0.717) is 11.4 Å². The summed E-state index contributed by atoms with van der Waals surface area (Å²) >= 11 is 1.88. The Morgan fingerprint density at radius 2 is 2.12 bits per heavy atom. The van der Waals surface area contributed by atoms with Crippen molar-refractivity contribution in [1.82, 2.24) is 10.3 Å². The maximum absolute atomic E-state index is 12.9. The highest BCUT2D eigenvalue weighted by Gasteiger charge is 2.25. The molecule has 2 heterocycles. The summed E-state index contributed by atoms with van der Waals surface area (Å²) in [4.78, 5) is 17.2. The predicted octanol–water partition coefficient (Wildman–Crippen LogP) is 3.77. The number of carbonyl (C=O) groups excluding carboxylic acids is 1. The lowest BCUT2D eigenvalue weighted by atomic mass is 9.87. The van der Waals surface area contributed by atoms with Gasteiger partial charge in [0.15, 0.2) is 0 Å². The van der Waals surface area contributed by atoms with Gasteiger partial charge in [-0.05, 0) is 54.7 Å². The molecule has 4 rings (SSSR count). The summed E-state index contributed by atoms with van der Waals surface area (Å²) in [6.07, 6.45) is 6.00. The summed E-state index contributed by atoms with van der Waals surface area (Å²) in [6, 6.07) is 12.0. The van der Waals surface area contributed by atoms with Crippen molar-refractivity contribution in [3.05, 3.63) is 59.3 Å². The molecule has 2 unspecified atom stereocenters. The van der Waals surface area contributed by atoms with Crippen LogP contribution in [-0.2, 0) is 6.42 Å². The molecule has 1 fully saturated rings. The number of hydrogen-bond donors (Lipinski definition) is 1. The minimum atomic E-state index is -0.101. The Balaban J connectivity index is 1.52. The number of thioether (sulfide) groups is 1. The minimum Gasteiger partial charge on any atom is -0.473 e. The van der Waals surface area contributed by atoms with Crippen LogP contribution in [0.15, 0.2) is 42.6 Å². The molecule has 130 valence electrons. The quantitative estimate of drug-likeness (QED) is 0.908. The standard InChI is InChI=1S/C20H22N2O2S/c23-19(22-18-9-3-6-14-5-1-2-7-16(14)18)17-8-4-11-21-20(17)24-15-10-12-25-13-15/h1-2,4-5,7-8,11,15,18H,3,6,9-10,12-13H2,(H,22,23). The zero-order valence-corrected chi connectivity index (χ0v) is 14.9. The fourth-order valence-electron chi connectivity index (χ4n) is 3.56. The molecule has 1 amide bonds. The van der Waals surface area contributed by atoms with Crippen molar-refractivity contribution in [2.24, 2.45) is 0 Å². The van der Waals surface area contributed by atoms with Gasteiger partial charge in [0.25, 0.3) is 5.91 Å². The third-order valence-corrected chi connectivity index (χ3v) is 5.99. The number of benzene rings is 1. The molecule has 5 heteroatoms. The second-order valence-corrected chi connectivity index (χ2v) is 7.73. The van der Waals surface area contributed by atoms with Crippen molar-refractivity contribution in [2.75, 3.05) is 11.5 Å². The summed E-state index contributed by atoms with van der Waals surface area (Å²) in [7, 11) is 0. The Morgan fingerprint density at radius 3 is 3.00 bits per heavy atom. The summed E-state index contributed by atoms with van der Waals surface area (Å²) < 4.78 is 5.99. The molecule has 1 saturated heterocycles. The first-order chi connectivity index (χ1) is 12.3. The molecule has 25 heavy (non-hydrogen) atoms. The first-order valence-electron chi connectivity index (χ1n) is 8.89. The first kappa shape index (κ1) is 16.5. The van der Waals surface area contributed by atoms with Crippen molar-refractivity contribution in [2.45, 2.75) is 37.8 Å². The number of fused-ring (bicyclic) bond motifs is 1. The van der Waals surface area contributed by atoms with E-state index in [4.69, 9.17) is 4.74 Å². The molecule has 0 radical (unpaired) electrons. The van der Waals surface area contributed by atoms with Gasteiger partial charge in [-0.15, -0.1) is 0 Å². The number of aromatic nitrogens is 1. The second-order valence-electron chi connectivity index (χ2n) is 6.58. The van der Waals surface area contributed by atoms with Crippen molar-refractivity contribution >= 4 is 17.7 Å². The number of aryl methyl sites for hydroxylation is 1. The van der Waals surface area contributed by atoms with Gasteiger partial charge in [-0.1, -0.05) is 24.3 Å². The van der Waals surface area contributed by atoms with E-state index in [2.05, 4.69) is 28.5 Å². The van der Waals surface area contributed by atoms with Crippen LogP contribution < -0.4 is 10.1 Å². The number of pyridine rings is 1. The SMILES string of the molecule is O=C(NC1CCCc2ccccc21)c1cccnc1OC1CCSC1. The maximum Gasteiger partial charge on any atom is 0.257 e. The van der Waals surface area contributed by atoms with E-state index in [0.717, 1.165) is 37.2 Å². The van der Waals surface area contributed by atoms with Gasteiger partial charge in [0.2, 0.25) is 5.88 Å². The van der Waals surface area contributed by atoms with Gasteiger partial charge in [-0.25, -0.2) is 4.98 Å². The van der Waals surface area contributed by atoms with Crippen molar-refractivity contribution < 1.29 is 9.53 Å². The second kappa shape index (κ2) is 7.48. The Bertz CT molecular complexity index is 759. The molecule has 2 atom stereocenters. The molecular formula is C20H22N2O2S. The van der Waals surface area contributed by atoms with Gasteiger partial charge in [-0.3, -0.25) is 4.79 Å². The average Bonchev–Trinajstić information content (AvgIpc) is 3.15. The Labute approximate surface area is 152 Å². The Morgan fingerprint density at radius 1 is 1.20 bits per heavy atom. The van der Waals surface area contributed by atoms with Crippen LogP contribution in [0.5, 0.6) is 5.88 Å². The lowest BCUT2D eigenvalue weighted by molar-refractivity contribution is 0.0925. The number of nitrogens with zero attached hydrogens (tertiary/aromatic N) is 1. The highest BCUT2D eigenvalue weighted by Crippen LogP contribution is 2.30. The molecule has 1 aromatic heterocycles. The fourth-order valence-corrected chi connectivity index (χ4v) is 4.65. The van der Waals surface area contributed by atoms with E-state index in [9.17, 15) is 4.79 Å². The van der Waals surface area contributed by atoms with Crippen LogP contribution >= 0.6 is 11.8 Å². The zero-order valence-electron chi connectivity index (χ0n) is 14.1. The molecular weight excluding hydrogens is 332 g/mol. The topological polar surface area (TPSA) is 51.2 Å². The third kappa shape index (κ3) is 3.66. The van der Waals surface area contributed by atoms with E-state index in [-0.39, 0.29) is 18.1 Å². The Kier molecular flexibility index (Phi) is 4.92. The fraction of sp³-hybridized carbons (Fsp3) is 0.400. The minimum absolute atomic E-state index is 0.0625. The molecule has 1 aliphatic heterocycles. The number of hydrogen-bond acceptors (Lipinski definition) is 4. The lowest BCUT2D eigenvalue weighted by Crippen LogP contribution is -2.31. The molecule has 0 bridgehead atoms.